The molecule has 1 aliphatic carbocycles. The largest absolute Gasteiger partial charge is 0.379 e. The molecule has 0 aromatic carbocycles. The van der Waals surface area contributed by atoms with E-state index in [0.717, 1.165) is 38.2 Å². The molecule has 2 N–H and O–H groups in total. The first kappa shape index (κ1) is 16.7. The van der Waals surface area contributed by atoms with Crippen LogP contribution in [-0.4, -0.2) is 32.8 Å². The Balaban J connectivity index is 0.00000180. The van der Waals surface area contributed by atoms with Gasteiger partial charge >= 0.3 is 0 Å². The zero-order valence-corrected chi connectivity index (χ0v) is 14.4. The minimum atomic E-state index is 0. The summed E-state index contributed by atoms with van der Waals surface area (Å²) in [4.78, 5) is 5.48. The number of rotatable bonds is 7. The number of thiophene rings is 1. The van der Waals surface area contributed by atoms with Gasteiger partial charge in [-0.3, -0.25) is 4.99 Å². The van der Waals surface area contributed by atoms with Crippen molar-refractivity contribution in [3.63, 3.8) is 0 Å². The van der Waals surface area contributed by atoms with Gasteiger partial charge < -0.3 is 15.4 Å². The molecule has 0 saturated heterocycles. The number of hydrogen-bond acceptors (Lipinski definition) is 3. The van der Waals surface area contributed by atoms with Gasteiger partial charge in [0.2, 0.25) is 0 Å². The van der Waals surface area contributed by atoms with Gasteiger partial charge in [-0.05, 0) is 30.2 Å². The molecule has 108 valence electrons. The summed E-state index contributed by atoms with van der Waals surface area (Å²) in [5.41, 5.74) is 0. The second kappa shape index (κ2) is 9.55. The van der Waals surface area contributed by atoms with Gasteiger partial charge in [-0.15, -0.1) is 35.3 Å². The second-order valence-electron chi connectivity index (χ2n) is 4.45. The maximum Gasteiger partial charge on any atom is 0.191 e. The van der Waals surface area contributed by atoms with Crippen molar-refractivity contribution in [2.45, 2.75) is 19.4 Å². The molecule has 2 rings (SSSR count). The average Bonchev–Trinajstić information content (AvgIpc) is 3.06. The summed E-state index contributed by atoms with van der Waals surface area (Å²) in [5.74, 6) is 1.67. The second-order valence-corrected chi connectivity index (χ2v) is 5.48. The maximum atomic E-state index is 5.56. The highest BCUT2D eigenvalue weighted by Crippen LogP contribution is 2.28. The van der Waals surface area contributed by atoms with Gasteiger partial charge in [-0.25, -0.2) is 0 Å². The normalized spacial score (nSPS) is 14.9. The van der Waals surface area contributed by atoms with Gasteiger partial charge in [0.15, 0.2) is 5.96 Å². The third kappa shape index (κ3) is 7.12. The van der Waals surface area contributed by atoms with Gasteiger partial charge in [-0.2, -0.15) is 0 Å². The number of halogens is 1. The molecular weight excluding hydrogens is 373 g/mol. The van der Waals surface area contributed by atoms with E-state index in [1.165, 1.54) is 17.7 Å². The predicted octanol–water partition coefficient (Wildman–Crippen LogP) is 2.46. The number of hydrogen-bond donors (Lipinski definition) is 2. The molecule has 0 radical (unpaired) electrons. The van der Waals surface area contributed by atoms with Crippen molar-refractivity contribution < 1.29 is 4.74 Å². The minimum absolute atomic E-state index is 0. The van der Waals surface area contributed by atoms with Crippen LogP contribution in [0.3, 0.4) is 0 Å². The summed E-state index contributed by atoms with van der Waals surface area (Å²) in [5, 5.41) is 8.60. The molecule has 19 heavy (non-hydrogen) atoms. The lowest BCUT2D eigenvalue weighted by molar-refractivity contribution is 0.129. The quantitative estimate of drug-likeness (QED) is 0.323. The molecule has 1 aromatic heterocycles. The lowest BCUT2D eigenvalue weighted by atomic mass is 10.4. The van der Waals surface area contributed by atoms with E-state index in [0.29, 0.717) is 0 Å². The Morgan fingerprint density at radius 2 is 2.32 bits per heavy atom. The van der Waals surface area contributed by atoms with Gasteiger partial charge in [0, 0.05) is 25.1 Å². The summed E-state index contributed by atoms with van der Waals surface area (Å²) in [6, 6.07) is 4.17. The highest BCUT2D eigenvalue weighted by Gasteiger charge is 2.20. The molecule has 0 amide bonds. The molecule has 1 fully saturated rings. The first-order valence-corrected chi connectivity index (χ1v) is 7.31. The molecule has 0 aliphatic heterocycles. The van der Waals surface area contributed by atoms with E-state index in [1.807, 2.05) is 0 Å². The highest BCUT2D eigenvalue weighted by atomic mass is 127. The highest BCUT2D eigenvalue weighted by molar-refractivity contribution is 14.0. The molecule has 0 spiro atoms. The summed E-state index contributed by atoms with van der Waals surface area (Å²) in [7, 11) is 1.79. The first-order chi connectivity index (χ1) is 8.88. The van der Waals surface area contributed by atoms with E-state index >= 15 is 0 Å². The smallest absolute Gasteiger partial charge is 0.191 e. The van der Waals surface area contributed by atoms with Crippen LogP contribution in [0.15, 0.2) is 22.5 Å². The Kier molecular flexibility index (Phi) is 8.40. The van der Waals surface area contributed by atoms with Gasteiger partial charge in [0.25, 0.3) is 0 Å². The van der Waals surface area contributed by atoms with Crippen molar-refractivity contribution in [3.8, 4) is 0 Å². The minimum Gasteiger partial charge on any atom is -0.379 e. The Labute approximate surface area is 136 Å². The standard InChI is InChI=1S/C13H21N3OS.HI/c1-14-13(16-9-12-3-2-8-18-12)15-6-7-17-10-11-4-5-11;/h2-3,8,11H,4-7,9-10H2,1H3,(H2,14,15,16);1H. The molecule has 0 unspecified atom stereocenters. The van der Waals surface area contributed by atoms with Crippen LogP contribution in [0, 0.1) is 5.92 Å². The van der Waals surface area contributed by atoms with E-state index in [4.69, 9.17) is 4.74 Å². The van der Waals surface area contributed by atoms with Crippen molar-refractivity contribution in [1.82, 2.24) is 10.6 Å². The van der Waals surface area contributed by atoms with Crippen LogP contribution in [-0.2, 0) is 11.3 Å². The number of nitrogens with zero attached hydrogens (tertiary/aromatic N) is 1. The molecule has 1 saturated carbocycles. The first-order valence-electron chi connectivity index (χ1n) is 6.43. The summed E-state index contributed by atoms with van der Waals surface area (Å²) in [6.07, 6.45) is 2.69. The third-order valence-electron chi connectivity index (χ3n) is 2.82. The van der Waals surface area contributed by atoms with Crippen LogP contribution in [0.4, 0.5) is 0 Å². The van der Waals surface area contributed by atoms with E-state index < -0.39 is 0 Å². The molecule has 1 heterocycles. The van der Waals surface area contributed by atoms with E-state index in [2.05, 4.69) is 33.1 Å². The molecule has 0 bridgehead atoms. The van der Waals surface area contributed by atoms with Gasteiger partial charge in [0.1, 0.15) is 0 Å². The van der Waals surface area contributed by atoms with E-state index in [-0.39, 0.29) is 24.0 Å². The monoisotopic (exact) mass is 395 g/mol. The fraction of sp³-hybridized carbons (Fsp3) is 0.615. The van der Waals surface area contributed by atoms with Crippen LogP contribution in [0.5, 0.6) is 0 Å². The molecule has 1 aromatic rings. The van der Waals surface area contributed by atoms with Crippen molar-refractivity contribution in [2.24, 2.45) is 10.9 Å². The predicted molar refractivity (Wildman–Crippen MR) is 91.5 cm³/mol. The number of aliphatic imine (C=N–C) groups is 1. The zero-order valence-electron chi connectivity index (χ0n) is 11.2. The third-order valence-corrected chi connectivity index (χ3v) is 3.70. The van der Waals surface area contributed by atoms with Crippen molar-refractivity contribution in [3.05, 3.63) is 22.4 Å². The summed E-state index contributed by atoms with van der Waals surface area (Å²) >= 11 is 1.75. The van der Waals surface area contributed by atoms with Gasteiger partial charge in [-0.1, -0.05) is 6.07 Å². The maximum absolute atomic E-state index is 5.56. The SMILES string of the molecule is CN=C(NCCOCC1CC1)NCc1cccs1.I. The Bertz CT molecular complexity index is 366. The van der Waals surface area contributed by atoms with Crippen LogP contribution >= 0.6 is 35.3 Å². The lowest BCUT2D eigenvalue weighted by Gasteiger charge is -2.11. The molecular formula is C13H22IN3OS. The number of guanidine groups is 1. The van der Waals surface area contributed by atoms with E-state index in [1.54, 1.807) is 18.4 Å². The fourth-order valence-corrected chi connectivity index (χ4v) is 2.23. The fourth-order valence-electron chi connectivity index (χ4n) is 1.58. The molecule has 6 heteroatoms. The van der Waals surface area contributed by atoms with E-state index in [9.17, 15) is 0 Å². The number of ether oxygens (including phenoxy) is 1. The summed E-state index contributed by atoms with van der Waals surface area (Å²) < 4.78 is 5.56. The number of nitrogens with one attached hydrogen (secondary N) is 2. The Morgan fingerprint density at radius 1 is 1.47 bits per heavy atom. The molecule has 4 nitrogen and oxygen atoms in total. The van der Waals surface area contributed by atoms with Crippen molar-refractivity contribution in [1.29, 1.82) is 0 Å². The van der Waals surface area contributed by atoms with Gasteiger partial charge in [0.05, 0.1) is 13.2 Å². The Hall–Kier alpha value is -0.340. The van der Waals surface area contributed by atoms with Crippen LogP contribution in [0.1, 0.15) is 17.7 Å². The zero-order chi connectivity index (χ0) is 12.6. The molecule has 0 atom stereocenters. The van der Waals surface area contributed by atoms with Crippen LogP contribution in [0.2, 0.25) is 0 Å². The molecule has 1 aliphatic rings. The average molecular weight is 395 g/mol. The van der Waals surface area contributed by atoms with Crippen LogP contribution < -0.4 is 10.6 Å². The Morgan fingerprint density at radius 3 is 2.95 bits per heavy atom. The topological polar surface area (TPSA) is 45.7 Å². The van der Waals surface area contributed by atoms with Crippen molar-refractivity contribution in [2.75, 3.05) is 26.8 Å². The summed E-state index contributed by atoms with van der Waals surface area (Å²) in [6.45, 7) is 3.29. The van der Waals surface area contributed by atoms with Crippen LogP contribution in [0.25, 0.3) is 0 Å². The lowest BCUT2D eigenvalue weighted by Crippen LogP contribution is -2.38. The van der Waals surface area contributed by atoms with Crippen molar-refractivity contribution >= 4 is 41.3 Å².